The number of carbonyl (C=O) groups excluding carboxylic acids is 1. The van der Waals surface area contributed by atoms with Gasteiger partial charge in [0.15, 0.2) is 0 Å². The van der Waals surface area contributed by atoms with Crippen molar-refractivity contribution in [1.82, 2.24) is 4.90 Å². The molecular formula is C14H23NO4. The summed E-state index contributed by atoms with van der Waals surface area (Å²) in [5.74, 6) is -0.102. The molecule has 2 aliphatic heterocycles. The van der Waals surface area contributed by atoms with Gasteiger partial charge in [-0.15, -0.1) is 0 Å². The van der Waals surface area contributed by atoms with Gasteiger partial charge in [-0.2, -0.15) is 0 Å². The summed E-state index contributed by atoms with van der Waals surface area (Å²) in [5, 5.41) is 9.15. The zero-order valence-electron chi connectivity index (χ0n) is 11.6. The van der Waals surface area contributed by atoms with E-state index in [0.717, 1.165) is 32.5 Å². The number of amides is 1. The van der Waals surface area contributed by atoms with E-state index in [2.05, 4.69) is 0 Å². The minimum absolute atomic E-state index is 0.108. The number of carboxylic acid groups (broad SMARTS) is 1. The van der Waals surface area contributed by atoms with Crippen LogP contribution in [0.2, 0.25) is 0 Å². The summed E-state index contributed by atoms with van der Waals surface area (Å²) >= 11 is 0. The predicted molar refractivity (Wildman–Crippen MR) is 69.7 cm³/mol. The number of carbonyl (C=O) groups is 2. The lowest BCUT2D eigenvalue weighted by molar-refractivity contribution is -0.147. The van der Waals surface area contributed by atoms with Crippen LogP contribution in [0.3, 0.4) is 0 Å². The molecule has 2 fully saturated rings. The molecule has 0 aliphatic carbocycles. The molecule has 19 heavy (non-hydrogen) atoms. The van der Waals surface area contributed by atoms with E-state index in [1.807, 2.05) is 0 Å². The summed E-state index contributed by atoms with van der Waals surface area (Å²) < 4.78 is 5.30. The molecule has 0 aromatic carbocycles. The summed E-state index contributed by atoms with van der Waals surface area (Å²) in [6.07, 6.45) is 4.09. The van der Waals surface area contributed by atoms with E-state index in [0.29, 0.717) is 31.8 Å². The van der Waals surface area contributed by atoms with E-state index in [9.17, 15) is 9.59 Å². The molecule has 1 N–H and O–H groups in total. The standard InChI is InChI=1S/C14H23NO4/c1-14(13(17)18)6-7-15(10-14)12(16)3-2-11-4-8-19-9-5-11/h11H,2-10H2,1H3,(H,17,18)/t14-/m0/s1. The number of aliphatic carboxylic acids is 1. The Labute approximate surface area is 113 Å². The fourth-order valence-corrected chi connectivity index (χ4v) is 2.87. The molecule has 2 heterocycles. The van der Waals surface area contributed by atoms with Gasteiger partial charge >= 0.3 is 5.97 Å². The van der Waals surface area contributed by atoms with Crippen LogP contribution >= 0.6 is 0 Å². The maximum Gasteiger partial charge on any atom is 0.311 e. The van der Waals surface area contributed by atoms with Crippen LogP contribution in [-0.2, 0) is 14.3 Å². The molecule has 108 valence electrons. The van der Waals surface area contributed by atoms with Gasteiger partial charge in [0.2, 0.25) is 5.91 Å². The van der Waals surface area contributed by atoms with Crippen molar-refractivity contribution in [3.05, 3.63) is 0 Å². The Balaban J connectivity index is 1.76. The Bertz CT molecular complexity index is 351. The van der Waals surface area contributed by atoms with Gasteiger partial charge in [0.1, 0.15) is 0 Å². The van der Waals surface area contributed by atoms with Gasteiger partial charge in [0.05, 0.1) is 5.41 Å². The number of rotatable bonds is 4. The molecule has 0 bridgehead atoms. The second-order valence-corrected chi connectivity index (χ2v) is 6.03. The van der Waals surface area contributed by atoms with Gasteiger partial charge in [0.25, 0.3) is 0 Å². The fraction of sp³-hybridized carbons (Fsp3) is 0.857. The van der Waals surface area contributed by atoms with Crippen LogP contribution in [-0.4, -0.2) is 48.2 Å². The van der Waals surface area contributed by atoms with Crippen LogP contribution in [0.5, 0.6) is 0 Å². The van der Waals surface area contributed by atoms with Crippen molar-refractivity contribution in [3.8, 4) is 0 Å². The monoisotopic (exact) mass is 269 g/mol. The van der Waals surface area contributed by atoms with E-state index in [1.54, 1.807) is 11.8 Å². The van der Waals surface area contributed by atoms with Crippen molar-refractivity contribution in [2.24, 2.45) is 11.3 Å². The number of hydrogen-bond acceptors (Lipinski definition) is 3. The molecule has 0 saturated carbocycles. The minimum atomic E-state index is -0.799. The summed E-state index contributed by atoms with van der Waals surface area (Å²) in [5.41, 5.74) is -0.756. The second kappa shape index (κ2) is 5.90. The summed E-state index contributed by atoms with van der Waals surface area (Å²) in [7, 11) is 0. The maximum atomic E-state index is 12.1. The zero-order valence-corrected chi connectivity index (χ0v) is 11.6. The lowest BCUT2D eigenvalue weighted by Crippen LogP contribution is -2.35. The van der Waals surface area contributed by atoms with E-state index < -0.39 is 11.4 Å². The van der Waals surface area contributed by atoms with Crippen LogP contribution in [0.4, 0.5) is 0 Å². The largest absolute Gasteiger partial charge is 0.481 e. The Morgan fingerprint density at radius 1 is 1.37 bits per heavy atom. The third-order valence-corrected chi connectivity index (χ3v) is 4.45. The molecule has 0 unspecified atom stereocenters. The van der Waals surface area contributed by atoms with Crippen molar-refractivity contribution in [2.75, 3.05) is 26.3 Å². The fourth-order valence-electron chi connectivity index (χ4n) is 2.87. The highest BCUT2D eigenvalue weighted by Crippen LogP contribution is 2.31. The molecular weight excluding hydrogens is 246 g/mol. The van der Waals surface area contributed by atoms with Gasteiger partial charge in [-0.3, -0.25) is 9.59 Å². The Morgan fingerprint density at radius 3 is 2.63 bits per heavy atom. The molecule has 0 spiro atoms. The molecule has 5 heteroatoms. The maximum absolute atomic E-state index is 12.1. The van der Waals surface area contributed by atoms with Gasteiger partial charge < -0.3 is 14.7 Å². The Hall–Kier alpha value is -1.10. The topological polar surface area (TPSA) is 66.8 Å². The van der Waals surface area contributed by atoms with Gasteiger partial charge in [-0.1, -0.05) is 0 Å². The summed E-state index contributed by atoms with van der Waals surface area (Å²) in [6.45, 7) is 4.27. The molecule has 0 aromatic rings. The highest BCUT2D eigenvalue weighted by atomic mass is 16.5. The van der Waals surface area contributed by atoms with Gasteiger partial charge in [-0.05, 0) is 38.5 Å². The van der Waals surface area contributed by atoms with E-state index in [1.165, 1.54) is 0 Å². The molecule has 5 nitrogen and oxygen atoms in total. The number of ether oxygens (including phenoxy) is 1. The number of likely N-dealkylation sites (tertiary alicyclic amines) is 1. The smallest absolute Gasteiger partial charge is 0.311 e. The first kappa shape index (κ1) is 14.3. The van der Waals surface area contributed by atoms with Crippen LogP contribution in [0, 0.1) is 11.3 Å². The van der Waals surface area contributed by atoms with Crippen LogP contribution in [0.1, 0.15) is 39.0 Å². The minimum Gasteiger partial charge on any atom is -0.481 e. The van der Waals surface area contributed by atoms with E-state index in [4.69, 9.17) is 9.84 Å². The lowest BCUT2D eigenvalue weighted by atomic mass is 9.90. The molecule has 2 aliphatic rings. The highest BCUT2D eigenvalue weighted by Gasteiger charge is 2.41. The first-order valence-corrected chi connectivity index (χ1v) is 7.10. The summed E-state index contributed by atoms with van der Waals surface area (Å²) in [4.78, 5) is 25.0. The molecule has 0 radical (unpaired) electrons. The molecule has 1 amide bonds. The molecule has 2 saturated heterocycles. The van der Waals surface area contributed by atoms with Crippen LogP contribution < -0.4 is 0 Å². The first-order valence-electron chi connectivity index (χ1n) is 7.10. The van der Waals surface area contributed by atoms with Crippen molar-refractivity contribution >= 4 is 11.9 Å². The van der Waals surface area contributed by atoms with Crippen molar-refractivity contribution in [1.29, 1.82) is 0 Å². The number of carboxylic acids is 1. The lowest BCUT2D eigenvalue weighted by Gasteiger charge is -2.23. The molecule has 1 atom stereocenters. The van der Waals surface area contributed by atoms with Crippen LogP contribution in [0.15, 0.2) is 0 Å². The predicted octanol–water partition coefficient (Wildman–Crippen LogP) is 1.52. The zero-order chi connectivity index (χ0) is 13.9. The Morgan fingerprint density at radius 2 is 2.05 bits per heavy atom. The van der Waals surface area contributed by atoms with Gasteiger partial charge in [-0.25, -0.2) is 0 Å². The van der Waals surface area contributed by atoms with Gasteiger partial charge in [0, 0.05) is 32.7 Å². The SMILES string of the molecule is C[C@]1(C(=O)O)CCN(C(=O)CCC2CCOCC2)C1. The van der Waals surface area contributed by atoms with Crippen LogP contribution in [0.25, 0.3) is 0 Å². The third-order valence-electron chi connectivity index (χ3n) is 4.45. The second-order valence-electron chi connectivity index (χ2n) is 6.03. The number of nitrogens with zero attached hydrogens (tertiary/aromatic N) is 1. The first-order chi connectivity index (χ1) is 9.01. The average molecular weight is 269 g/mol. The average Bonchev–Trinajstić information content (AvgIpc) is 2.81. The quantitative estimate of drug-likeness (QED) is 0.840. The molecule has 0 aromatic heterocycles. The number of hydrogen-bond donors (Lipinski definition) is 1. The van der Waals surface area contributed by atoms with E-state index in [-0.39, 0.29) is 5.91 Å². The summed E-state index contributed by atoms with van der Waals surface area (Å²) in [6, 6.07) is 0. The van der Waals surface area contributed by atoms with Crippen molar-refractivity contribution < 1.29 is 19.4 Å². The molecule has 2 rings (SSSR count). The normalized spacial score (nSPS) is 28.6. The van der Waals surface area contributed by atoms with Crippen molar-refractivity contribution in [2.45, 2.75) is 39.0 Å². The third kappa shape index (κ3) is 3.47. The van der Waals surface area contributed by atoms with Crippen molar-refractivity contribution in [3.63, 3.8) is 0 Å². The Kier molecular flexibility index (Phi) is 4.45. The highest BCUT2D eigenvalue weighted by molar-refractivity contribution is 5.80. The van der Waals surface area contributed by atoms with E-state index >= 15 is 0 Å².